The van der Waals surface area contributed by atoms with Crippen LogP contribution in [0.1, 0.15) is 24.5 Å². The highest BCUT2D eigenvalue weighted by atomic mass is 16.5. The molecule has 2 rings (SSSR count). The summed E-state index contributed by atoms with van der Waals surface area (Å²) in [4.78, 5) is 18.3. The predicted molar refractivity (Wildman–Crippen MR) is 74.2 cm³/mol. The number of hydrogen-bond donors (Lipinski definition) is 1. The monoisotopic (exact) mass is 263 g/mol. The van der Waals surface area contributed by atoms with E-state index in [4.69, 9.17) is 4.74 Å². The lowest BCUT2D eigenvalue weighted by Crippen LogP contribution is -2.41. The van der Waals surface area contributed by atoms with Crippen LogP contribution < -0.4 is 5.32 Å². The van der Waals surface area contributed by atoms with Crippen LogP contribution in [0, 0.1) is 0 Å². The van der Waals surface area contributed by atoms with E-state index in [0.717, 1.165) is 37.4 Å². The van der Waals surface area contributed by atoms with Gasteiger partial charge in [0.25, 0.3) is 0 Å². The van der Waals surface area contributed by atoms with E-state index in [1.54, 1.807) is 7.11 Å². The molecule has 1 aliphatic rings. The lowest BCUT2D eigenvalue weighted by molar-refractivity contribution is -0.136. The second kappa shape index (κ2) is 6.52. The smallest absolute Gasteiger partial charge is 0.248 e. The molecule has 0 spiro atoms. The molecule has 0 radical (unpaired) electrons. The molecule has 2 heterocycles. The van der Waals surface area contributed by atoms with E-state index < -0.39 is 0 Å². The van der Waals surface area contributed by atoms with Crippen LogP contribution in [0.2, 0.25) is 0 Å². The zero-order chi connectivity index (χ0) is 13.7. The maximum atomic E-state index is 11.9. The first-order valence-corrected chi connectivity index (χ1v) is 6.66. The Labute approximate surface area is 114 Å². The molecule has 1 atom stereocenters. The molecule has 0 saturated carbocycles. The first kappa shape index (κ1) is 13.8. The zero-order valence-electron chi connectivity index (χ0n) is 11.6. The van der Waals surface area contributed by atoms with Crippen molar-refractivity contribution in [2.45, 2.75) is 18.8 Å². The maximum absolute atomic E-state index is 11.9. The second-order valence-corrected chi connectivity index (χ2v) is 4.81. The lowest BCUT2D eigenvalue weighted by Gasteiger charge is -2.32. The summed E-state index contributed by atoms with van der Waals surface area (Å²) in [5, 5.41) is 3.05. The van der Waals surface area contributed by atoms with E-state index in [-0.39, 0.29) is 12.5 Å². The van der Waals surface area contributed by atoms with Crippen molar-refractivity contribution in [3.63, 3.8) is 0 Å². The van der Waals surface area contributed by atoms with Crippen molar-refractivity contribution < 1.29 is 9.53 Å². The number of rotatable bonds is 4. The highest BCUT2D eigenvalue weighted by Crippen LogP contribution is 2.26. The van der Waals surface area contributed by atoms with Gasteiger partial charge in [-0.2, -0.15) is 0 Å². The van der Waals surface area contributed by atoms with E-state index in [1.165, 1.54) is 0 Å². The molecule has 0 aromatic carbocycles. The average Bonchev–Trinajstić information content (AvgIpc) is 2.48. The van der Waals surface area contributed by atoms with E-state index in [9.17, 15) is 4.79 Å². The van der Waals surface area contributed by atoms with Crippen molar-refractivity contribution in [1.82, 2.24) is 9.88 Å². The minimum atomic E-state index is 0.0666. The van der Waals surface area contributed by atoms with E-state index in [0.29, 0.717) is 5.92 Å². The van der Waals surface area contributed by atoms with Gasteiger partial charge in [0, 0.05) is 38.9 Å². The predicted octanol–water partition coefficient (Wildman–Crippen LogP) is 1.48. The number of methoxy groups -OCH3 is 1. The van der Waals surface area contributed by atoms with Crippen molar-refractivity contribution in [3.05, 3.63) is 23.9 Å². The average molecular weight is 263 g/mol. The molecule has 1 amide bonds. The van der Waals surface area contributed by atoms with Gasteiger partial charge in [-0.25, -0.2) is 4.98 Å². The normalized spacial score (nSPS) is 19.3. The number of pyridine rings is 1. The highest BCUT2D eigenvalue weighted by Gasteiger charge is 2.25. The number of nitrogens with one attached hydrogen (secondary N) is 1. The van der Waals surface area contributed by atoms with Crippen LogP contribution in [0.4, 0.5) is 5.82 Å². The molecule has 1 saturated heterocycles. The van der Waals surface area contributed by atoms with E-state index in [1.807, 2.05) is 30.1 Å². The summed E-state index contributed by atoms with van der Waals surface area (Å²) in [6.45, 7) is 1.73. The van der Waals surface area contributed by atoms with Gasteiger partial charge in [0.1, 0.15) is 12.4 Å². The molecular weight excluding hydrogens is 242 g/mol. The van der Waals surface area contributed by atoms with Gasteiger partial charge in [0.15, 0.2) is 0 Å². The number of anilines is 1. The molecule has 1 aromatic rings. The second-order valence-electron chi connectivity index (χ2n) is 4.81. The fourth-order valence-electron chi connectivity index (χ4n) is 2.48. The molecule has 0 aliphatic carbocycles. The minimum absolute atomic E-state index is 0.0666. The Morgan fingerprint density at radius 3 is 3.16 bits per heavy atom. The largest absolute Gasteiger partial charge is 0.375 e. The van der Waals surface area contributed by atoms with Crippen LogP contribution in [0.15, 0.2) is 18.2 Å². The van der Waals surface area contributed by atoms with Crippen molar-refractivity contribution in [3.8, 4) is 0 Å². The van der Waals surface area contributed by atoms with Gasteiger partial charge < -0.3 is 15.0 Å². The summed E-state index contributed by atoms with van der Waals surface area (Å²) in [6.07, 6.45) is 2.10. The number of piperidine rings is 1. The number of amides is 1. The summed E-state index contributed by atoms with van der Waals surface area (Å²) >= 11 is 0. The number of aromatic nitrogens is 1. The number of ether oxygens (including phenoxy) is 1. The Morgan fingerprint density at radius 2 is 2.42 bits per heavy atom. The molecule has 19 heavy (non-hydrogen) atoms. The van der Waals surface area contributed by atoms with Crippen LogP contribution in [0.25, 0.3) is 0 Å². The Bertz CT molecular complexity index is 436. The molecular formula is C14H21N3O2. The summed E-state index contributed by atoms with van der Waals surface area (Å²) in [5.74, 6) is 1.26. The standard InChI is InChI=1S/C14H21N3O2/c1-15-13-7-3-6-12(16-13)11-5-4-8-17(9-11)14(18)10-19-2/h3,6-7,11H,4-5,8-10H2,1-2H3,(H,15,16)/t11-/m0/s1. The molecule has 1 aromatic heterocycles. The van der Waals surface area contributed by atoms with E-state index >= 15 is 0 Å². The van der Waals surface area contributed by atoms with Crippen LogP contribution in [-0.4, -0.2) is 49.6 Å². The molecule has 1 fully saturated rings. The third-order valence-corrected chi connectivity index (χ3v) is 3.49. The maximum Gasteiger partial charge on any atom is 0.248 e. The summed E-state index contributed by atoms with van der Waals surface area (Å²) < 4.78 is 4.92. The Kier molecular flexibility index (Phi) is 4.74. The summed E-state index contributed by atoms with van der Waals surface area (Å²) in [5.41, 5.74) is 1.06. The van der Waals surface area contributed by atoms with Gasteiger partial charge in [0.05, 0.1) is 0 Å². The van der Waals surface area contributed by atoms with Gasteiger partial charge in [-0.05, 0) is 25.0 Å². The third kappa shape index (κ3) is 3.44. The molecule has 1 aliphatic heterocycles. The third-order valence-electron chi connectivity index (χ3n) is 3.49. The van der Waals surface area contributed by atoms with Gasteiger partial charge in [0.2, 0.25) is 5.91 Å². The van der Waals surface area contributed by atoms with Crippen molar-refractivity contribution >= 4 is 11.7 Å². The van der Waals surface area contributed by atoms with Crippen LogP contribution >= 0.6 is 0 Å². The van der Waals surface area contributed by atoms with Gasteiger partial charge >= 0.3 is 0 Å². The minimum Gasteiger partial charge on any atom is -0.375 e. The summed E-state index contributed by atoms with van der Waals surface area (Å²) in [7, 11) is 3.42. The molecule has 0 unspecified atom stereocenters. The van der Waals surface area contributed by atoms with Crippen LogP contribution in [0.3, 0.4) is 0 Å². The van der Waals surface area contributed by atoms with Gasteiger partial charge in [-0.1, -0.05) is 6.07 Å². The fraction of sp³-hybridized carbons (Fsp3) is 0.571. The SMILES string of the molecule is CNc1cccc([C@H]2CCCN(C(=O)COC)C2)n1. The lowest BCUT2D eigenvalue weighted by atomic mass is 9.94. The van der Waals surface area contributed by atoms with Gasteiger partial charge in [-0.15, -0.1) is 0 Å². The quantitative estimate of drug-likeness (QED) is 0.894. The Balaban J connectivity index is 2.05. The van der Waals surface area contributed by atoms with Crippen molar-refractivity contribution in [1.29, 1.82) is 0 Å². The molecule has 5 nitrogen and oxygen atoms in total. The van der Waals surface area contributed by atoms with Crippen molar-refractivity contribution in [2.24, 2.45) is 0 Å². The van der Waals surface area contributed by atoms with Crippen LogP contribution in [0.5, 0.6) is 0 Å². The topological polar surface area (TPSA) is 54.5 Å². The first-order chi connectivity index (χ1) is 9.24. The van der Waals surface area contributed by atoms with Gasteiger partial charge in [-0.3, -0.25) is 4.79 Å². The van der Waals surface area contributed by atoms with E-state index in [2.05, 4.69) is 10.3 Å². The molecule has 0 bridgehead atoms. The first-order valence-electron chi connectivity index (χ1n) is 6.66. The zero-order valence-corrected chi connectivity index (χ0v) is 11.6. The Morgan fingerprint density at radius 1 is 1.58 bits per heavy atom. The summed E-state index contributed by atoms with van der Waals surface area (Å²) in [6, 6.07) is 5.99. The molecule has 104 valence electrons. The fourth-order valence-corrected chi connectivity index (χ4v) is 2.48. The molecule has 5 heteroatoms. The number of carbonyl (C=O) groups excluding carboxylic acids is 1. The van der Waals surface area contributed by atoms with Crippen molar-refractivity contribution in [2.75, 3.05) is 39.2 Å². The highest BCUT2D eigenvalue weighted by molar-refractivity contribution is 5.77. The number of nitrogens with zero attached hydrogens (tertiary/aromatic N) is 2. The molecule has 1 N–H and O–H groups in total. The number of likely N-dealkylation sites (tertiary alicyclic amines) is 1. The number of hydrogen-bond acceptors (Lipinski definition) is 4. The van der Waals surface area contributed by atoms with Crippen LogP contribution in [-0.2, 0) is 9.53 Å². The Hall–Kier alpha value is -1.62. The number of carbonyl (C=O) groups is 1.